The van der Waals surface area contributed by atoms with Crippen molar-refractivity contribution in [3.05, 3.63) is 0 Å². The maximum absolute atomic E-state index is 14.3. The Kier molecular flexibility index (Phi) is 4.97. The van der Waals surface area contributed by atoms with Gasteiger partial charge in [0, 0.05) is 11.8 Å². The molecule has 4 aliphatic carbocycles. The topological polar surface area (TPSA) is 12.5 Å². The van der Waals surface area contributed by atoms with Gasteiger partial charge in [0.15, 0.2) is 0 Å². The van der Waals surface area contributed by atoms with Crippen molar-refractivity contribution < 1.29 is 9.13 Å². The Bertz CT molecular complexity index is 632. The van der Waals surface area contributed by atoms with Crippen molar-refractivity contribution in [2.75, 3.05) is 0 Å². The van der Waals surface area contributed by atoms with Gasteiger partial charge >= 0.3 is 0 Å². The van der Waals surface area contributed by atoms with Gasteiger partial charge in [-0.05, 0) is 85.9 Å². The van der Waals surface area contributed by atoms with Crippen molar-refractivity contribution in [2.45, 2.75) is 123 Å². The zero-order valence-corrected chi connectivity index (χ0v) is 19.7. The number of fused-ring (bicyclic) bond motifs is 4. The van der Waals surface area contributed by atoms with Gasteiger partial charge in [-0.1, -0.05) is 53.9 Å². The van der Waals surface area contributed by atoms with Gasteiger partial charge in [0.05, 0.1) is 6.10 Å². The summed E-state index contributed by atoms with van der Waals surface area (Å²) in [5, 5.41) is 0. The summed E-state index contributed by atoms with van der Waals surface area (Å²) in [4.78, 5) is 0. The largest absolute Gasteiger partial charge is 0.365 e. The lowest BCUT2D eigenvalue weighted by Crippen LogP contribution is -2.58. The van der Waals surface area contributed by atoms with Crippen molar-refractivity contribution in [3.8, 4) is 0 Å². The van der Waals surface area contributed by atoms with Gasteiger partial charge in [0.1, 0.15) is 11.8 Å². The van der Waals surface area contributed by atoms with Crippen LogP contribution in [-0.4, -0.2) is 17.9 Å². The van der Waals surface area contributed by atoms with E-state index in [1.54, 1.807) is 0 Å². The highest BCUT2D eigenvalue weighted by atomic mass is 19.1. The second kappa shape index (κ2) is 6.94. The second-order valence-corrected chi connectivity index (χ2v) is 12.9. The lowest BCUT2D eigenvalue weighted by Gasteiger charge is -2.59. The lowest BCUT2D eigenvalue weighted by atomic mass is 9.44. The Morgan fingerprint density at radius 2 is 1.76 bits per heavy atom. The van der Waals surface area contributed by atoms with Crippen LogP contribution in [0.1, 0.15) is 105 Å². The summed E-state index contributed by atoms with van der Waals surface area (Å²) >= 11 is 0. The fourth-order valence-electron chi connectivity index (χ4n) is 9.65. The third-order valence-corrected chi connectivity index (χ3v) is 11.2. The Hall–Kier alpha value is -0.110. The minimum atomic E-state index is -0.624. The Morgan fingerprint density at radius 1 is 0.966 bits per heavy atom. The van der Waals surface area contributed by atoms with Crippen LogP contribution < -0.4 is 0 Å². The SMILES string of the molecule is CC(C)CCC[C@@H](C)[C@H]1CC[C@H]2[C@@H]3C[C@@H]4OC45C[C@@H](F)CC[C@]5(C)[C@H]3CC[C@]12C. The van der Waals surface area contributed by atoms with Gasteiger partial charge in [-0.15, -0.1) is 0 Å². The lowest BCUT2D eigenvalue weighted by molar-refractivity contribution is -0.109. The van der Waals surface area contributed by atoms with Crippen molar-refractivity contribution in [1.29, 1.82) is 0 Å². The van der Waals surface area contributed by atoms with E-state index in [-0.39, 0.29) is 11.0 Å². The molecule has 1 aliphatic heterocycles. The predicted octanol–water partition coefficient (Wildman–Crippen LogP) is 7.58. The van der Waals surface area contributed by atoms with Crippen LogP contribution in [0.3, 0.4) is 0 Å². The zero-order chi connectivity index (χ0) is 20.6. The minimum absolute atomic E-state index is 0.0816. The van der Waals surface area contributed by atoms with E-state index in [2.05, 4.69) is 34.6 Å². The molecule has 5 rings (SSSR count). The Labute approximate surface area is 178 Å². The first-order chi connectivity index (χ1) is 13.7. The first-order valence-electron chi connectivity index (χ1n) is 13.0. The smallest absolute Gasteiger partial charge is 0.103 e. The number of rotatable bonds is 5. The molecule has 5 aliphatic rings. The van der Waals surface area contributed by atoms with Gasteiger partial charge in [0.2, 0.25) is 0 Å². The molecule has 4 saturated carbocycles. The van der Waals surface area contributed by atoms with E-state index < -0.39 is 6.17 Å². The van der Waals surface area contributed by atoms with Crippen LogP contribution in [-0.2, 0) is 4.74 Å². The summed E-state index contributed by atoms with van der Waals surface area (Å²) in [6, 6.07) is 0. The molecular formula is C27H45FO. The van der Waals surface area contributed by atoms with E-state index in [0.717, 1.165) is 48.3 Å². The molecule has 1 nitrogen and oxygen atoms in total. The molecule has 10 atom stereocenters. The number of ether oxygens (including phenoxy) is 1. The highest BCUT2D eigenvalue weighted by Crippen LogP contribution is 2.74. The second-order valence-electron chi connectivity index (χ2n) is 12.9. The molecule has 1 heterocycles. The molecule has 1 unspecified atom stereocenters. The van der Waals surface area contributed by atoms with Gasteiger partial charge in [0.25, 0.3) is 0 Å². The fraction of sp³-hybridized carbons (Fsp3) is 1.00. The fourth-order valence-corrected chi connectivity index (χ4v) is 9.65. The Morgan fingerprint density at radius 3 is 2.52 bits per heavy atom. The van der Waals surface area contributed by atoms with E-state index >= 15 is 0 Å². The number of epoxide rings is 1. The number of hydrogen-bond acceptors (Lipinski definition) is 1. The molecule has 1 spiro atoms. The van der Waals surface area contributed by atoms with Crippen molar-refractivity contribution in [2.24, 2.45) is 46.3 Å². The first-order valence-corrected chi connectivity index (χ1v) is 13.0. The average Bonchev–Trinajstić information content (AvgIpc) is 3.22. The maximum atomic E-state index is 14.3. The van der Waals surface area contributed by atoms with Crippen molar-refractivity contribution in [1.82, 2.24) is 0 Å². The molecule has 0 N–H and O–H groups in total. The molecule has 29 heavy (non-hydrogen) atoms. The number of hydrogen-bond donors (Lipinski definition) is 0. The zero-order valence-electron chi connectivity index (χ0n) is 19.7. The number of alkyl halides is 1. The maximum Gasteiger partial charge on any atom is 0.103 e. The summed E-state index contributed by atoms with van der Waals surface area (Å²) in [5.41, 5.74) is 0.703. The minimum Gasteiger partial charge on any atom is -0.365 e. The quantitative estimate of drug-likeness (QED) is 0.430. The van der Waals surface area contributed by atoms with Crippen LogP contribution in [0, 0.1) is 46.3 Å². The van der Waals surface area contributed by atoms with Crippen LogP contribution in [0.25, 0.3) is 0 Å². The molecule has 0 aromatic carbocycles. The van der Waals surface area contributed by atoms with Gasteiger partial charge < -0.3 is 4.74 Å². The first kappa shape index (κ1) is 20.8. The molecule has 0 radical (unpaired) electrons. The van der Waals surface area contributed by atoms with Crippen LogP contribution in [0.15, 0.2) is 0 Å². The summed E-state index contributed by atoms with van der Waals surface area (Å²) in [5.74, 6) is 5.14. The van der Waals surface area contributed by atoms with Crippen LogP contribution >= 0.6 is 0 Å². The molecule has 0 bridgehead atoms. The molecule has 1 saturated heterocycles. The van der Waals surface area contributed by atoms with Gasteiger partial charge in [-0.25, -0.2) is 4.39 Å². The molecular weight excluding hydrogens is 359 g/mol. The summed E-state index contributed by atoms with van der Waals surface area (Å²) < 4.78 is 20.7. The van der Waals surface area contributed by atoms with Crippen molar-refractivity contribution in [3.63, 3.8) is 0 Å². The average molecular weight is 405 g/mol. The Balaban J connectivity index is 1.33. The normalized spacial score (nSPS) is 54.3. The van der Waals surface area contributed by atoms with Crippen LogP contribution in [0.4, 0.5) is 4.39 Å². The molecule has 0 aromatic rings. The van der Waals surface area contributed by atoms with Gasteiger partial charge in [-0.3, -0.25) is 0 Å². The molecule has 5 fully saturated rings. The van der Waals surface area contributed by atoms with E-state index in [0.29, 0.717) is 17.9 Å². The van der Waals surface area contributed by atoms with E-state index in [1.807, 2.05) is 0 Å². The van der Waals surface area contributed by atoms with E-state index in [9.17, 15) is 4.39 Å². The summed E-state index contributed by atoms with van der Waals surface area (Å²) in [6.07, 6.45) is 13.4. The monoisotopic (exact) mass is 404 g/mol. The van der Waals surface area contributed by atoms with Gasteiger partial charge in [-0.2, -0.15) is 0 Å². The third-order valence-electron chi connectivity index (χ3n) is 11.2. The number of halogens is 1. The van der Waals surface area contributed by atoms with E-state index in [4.69, 9.17) is 4.74 Å². The highest BCUT2D eigenvalue weighted by molar-refractivity contribution is 5.24. The third kappa shape index (κ3) is 2.93. The molecule has 166 valence electrons. The standard InChI is InChI=1S/C27H45FO/c1-17(2)7-6-8-18(3)21-9-10-22-20-15-24-27(29-24)16-19(28)11-14-26(27,5)23(20)12-13-25(21,22)4/h17-24H,6-16H2,1-5H3/t18-,19+,20+,21-,22+,23+,24+,25-,26-,27?/m1/s1. The molecule has 2 heteroatoms. The predicted molar refractivity (Wildman–Crippen MR) is 117 cm³/mol. The highest BCUT2D eigenvalue weighted by Gasteiger charge is 2.76. The summed E-state index contributed by atoms with van der Waals surface area (Å²) in [6.45, 7) is 12.4. The van der Waals surface area contributed by atoms with Crippen LogP contribution in [0.5, 0.6) is 0 Å². The molecule has 0 aromatic heterocycles. The molecule has 0 amide bonds. The van der Waals surface area contributed by atoms with Crippen LogP contribution in [0.2, 0.25) is 0 Å². The van der Waals surface area contributed by atoms with E-state index in [1.165, 1.54) is 51.4 Å². The summed E-state index contributed by atoms with van der Waals surface area (Å²) in [7, 11) is 0. The van der Waals surface area contributed by atoms with Crippen molar-refractivity contribution >= 4 is 0 Å².